The summed E-state index contributed by atoms with van der Waals surface area (Å²) in [5.41, 5.74) is 4.06. The Bertz CT molecular complexity index is 305. The first-order valence-corrected chi connectivity index (χ1v) is 6.64. The zero-order valence-corrected chi connectivity index (χ0v) is 11.7. The number of hydrogen-bond acceptors (Lipinski definition) is 0. The van der Waals surface area contributed by atoms with Crippen LogP contribution in [-0.4, -0.2) is 0 Å². The van der Waals surface area contributed by atoms with Crippen LogP contribution in [0.3, 0.4) is 0 Å². The highest BCUT2D eigenvalue weighted by Crippen LogP contribution is 2.50. The average Bonchev–Trinajstić information content (AvgIpc) is 2.15. The van der Waals surface area contributed by atoms with Gasteiger partial charge in [-0.2, -0.15) is 0 Å². The van der Waals surface area contributed by atoms with Crippen molar-refractivity contribution in [3.8, 4) is 0 Å². The molecule has 0 saturated carbocycles. The van der Waals surface area contributed by atoms with Gasteiger partial charge in [-0.15, -0.1) is 0 Å². The van der Waals surface area contributed by atoms with Gasteiger partial charge in [-0.05, 0) is 35.5 Å². The molecule has 0 unspecified atom stereocenters. The first-order chi connectivity index (χ1) is 7.19. The maximum absolute atomic E-state index is 2.58. The Balaban J connectivity index is 2.33. The molecule has 2 atom stereocenters. The van der Waals surface area contributed by atoms with Gasteiger partial charge in [0.15, 0.2) is 0 Å². The lowest BCUT2D eigenvalue weighted by Crippen LogP contribution is -2.31. The molecule has 0 aromatic carbocycles. The molecule has 0 aliphatic heterocycles. The predicted molar refractivity (Wildman–Crippen MR) is 71.3 cm³/mol. The molecular formula is C16H26. The van der Waals surface area contributed by atoms with Gasteiger partial charge in [0.2, 0.25) is 0 Å². The van der Waals surface area contributed by atoms with Crippen molar-refractivity contribution >= 4 is 0 Å². The molecule has 0 radical (unpaired) electrons. The van der Waals surface area contributed by atoms with Crippen LogP contribution in [0.5, 0.6) is 0 Å². The first kappa shape index (κ1) is 12.0. The van der Waals surface area contributed by atoms with Gasteiger partial charge in [-0.3, -0.25) is 0 Å². The number of fused-ring (bicyclic) bond motifs is 1. The van der Waals surface area contributed by atoms with Crippen molar-refractivity contribution < 1.29 is 0 Å². The van der Waals surface area contributed by atoms with Gasteiger partial charge in [0.25, 0.3) is 0 Å². The molecule has 0 N–H and O–H groups in total. The Hall–Kier alpha value is -0.520. The fourth-order valence-electron chi connectivity index (χ4n) is 3.31. The van der Waals surface area contributed by atoms with E-state index in [4.69, 9.17) is 0 Å². The third-order valence-electron chi connectivity index (χ3n) is 4.08. The van der Waals surface area contributed by atoms with Gasteiger partial charge >= 0.3 is 0 Å². The summed E-state index contributed by atoms with van der Waals surface area (Å²) in [6, 6.07) is 0. The molecule has 0 spiro atoms. The van der Waals surface area contributed by atoms with E-state index >= 15 is 0 Å². The zero-order valence-electron chi connectivity index (χ0n) is 11.7. The summed E-state index contributed by atoms with van der Waals surface area (Å²) in [6.07, 6.45) is 7.89. The van der Waals surface area contributed by atoms with E-state index in [1.54, 1.807) is 11.1 Å². The van der Waals surface area contributed by atoms with E-state index in [-0.39, 0.29) is 0 Å². The Morgan fingerprint density at radius 1 is 0.750 bits per heavy atom. The van der Waals surface area contributed by atoms with Gasteiger partial charge < -0.3 is 0 Å². The number of allylic oxidation sites excluding steroid dienone is 4. The second-order valence-corrected chi connectivity index (χ2v) is 7.53. The molecule has 0 heterocycles. The fraction of sp³-hybridized carbons (Fsp3) is 0.750. The van der Waals surface area contributed by atoms with Gasteiger partial charge in [0.05, 0.1) is 0 Å². The van der Waals surface area contributed by atoms with Crippen LogP contribution < -0.4 is 0 Å². The highest BCUT2D eigenvalue weighted by molar-refractivity contribution is 5.37. The number of rotatable bonds is 0. The minimum atomic E-state index is 0.350. The van der Waals surface area contributed by atoms with E-state index in [1.165, 1.54) is 12.8 Å². The third-order valence-corrected chi connectivity index (χ3v) is 4.08. The molecule has 3 aliphatic rings. The molecule has 2 bridgehead atoms. The van der Waals surface area contributed by atoms with Crippen LogP contribution in [0.25, 0.3) is 0 Å². The monoisotopic (exact) mass is 218 g/mol. The van der Waals surface area contributed by atoms with E-state index in [0.29, 0.717) is 10.8 Å². The molecule has 0 saturated heterocycles. The van der Waals surface area contributed by atoms with Gasteiger partial charge in [0, 0.05) is 0 Å². The summed E-state index contributed by atoms with van der Waals surface area (Å²) in [5.74, 6) is 1.44. The van der Waals surface area contributed by atoms with Crippen molar-refractivity contribution in [1.29, 1.82) is 0 Å². The Labute approximate surface area is 101 Å². The van der Waals surface area contributed by atoms with Crippen LogP contribution in [-0.2, 0) is 0 Å². The molecule has 0 heteroatoms. The van der Waals surface area contributed by atoms with Gasteiger partial charge in [-0.25, -0.2) is 0 Å². The molecule has 0 nitrogen and oxygen atoms in total. The van der Waals surface area contributed by atoms with E-state index in [2.05, 4.69) is 53.7 Å². The van der Waals surface area contributed by atoms with Crippen LogP contribution >= 0.6 is 0 Å². The Morgan fingerprint density at radius 3 is 1.25 bits per heavy atom. The average molecular weight is 218 g/mol. The van der Waals surface area contributed by atoms with Crippen molar-refractivity contribution in [2.45, 2.75) is 54.4 Å². The topological polar surface area (TPSA) is 0 Å². The maximum atomic E-state index is 2.58. The molecule has 0 aromatic rings. The van der Waals surface area contributed by atoms with E-state index in [0.717, 1.165) is 11.8 Å². The van der Waals surface area contributed by atoms with Crippen molar-refractivity contribution in [2.75, 3.05) is 0 Å². The minimum absolute atomic E-state index is 0.350. The summed E-state index contributed by atoms with van der Waals surface area (Å²) in [4.78, 5) is 0. The zero-order chi connectivity index (χ0) is 12.1. The summed E-state index contributed by atoms with van der Waals surface area (Å²) in [7, 11) is 0. The highest BCUT2D eigenvalue weighted by atomic mass is 14.4. The molecule has 90 valence electrons. The fourth-order valence-corrected chi connectivity index (χ4v) is 3.31. The SMILES string of the molecule is CC(C)(C)C1=C[C@H]2CC[C@@H]1C=C2C(C)(C)C. The molecule has 0 aromatic heterocycles. The molecule has 3 aliphatic carbocycles. The van der Waals surface area contributed by atoms with Crippen LogP contribution in [0.1, 0.15) is 54.4 Å². The lowest BCUT2D eigenvalue weighted by Gasteiger charge is -2.44. The quantitative estimate of drug-likeness (QED) is 0.503. The van der Waals surface area contributed by atoms with E-state index in [1.807, 2.05) is 0 Å². The maximum Gasteiger partial charge on any atom is -0.00144 e. The standard InChI is InChI=1S/C16H26/c1-15(2,3)13-9-12-8-7-11(13)10-14(12)16(4,5)6/h9-12H,7-8H2,1-6H3/t11-,12-/m1/s1. The summed E-state index contributed by atoms with van der Waals surface area (Å²) < 4.78 is 0. The largest absolute Gasteiger partial charge is 0.0770 e. The van der Waals surface area contributed by atoms with Crippen molar-refractivity contribution in [2.24, 2.45) is 22.7 Å². The molecule has 0 amide bonds. The summed E-state index contributed by atoms with van der Waals surface area (Å²) in [6.45, 7) is 14.1. The minimum Gasteiger partial charge on any atom is -0.0770 e. The second kappa shape index (κ2) is 3.48. The molecular weight excluding hydrogens is 192 g/mol. The predicted octanol–water partition coefficient (Wildman–Crippen LogP) is 4.97. The van der Waals surface area contributed by atoms with Crippen LogP contribution in [0.4, 0.5) is 0 Å². The highest BCUT2D eigenvalue weighted by Gasteiger charge is 2.37. The first-order valence-electron chi connectivity index (χ1n) is 6.64. The van der Waals surface area contributed by atoms with Crippen LogP contribution in [0.2, 0.25) is 0 Å². The number of hydrogen-bond donors (Lipinski definition) is 0. The Kier molecular flexibility index (Phi) is 2.60. The van der Waals surface area contributed by atoms with Crippen molar-refractivity contribution in [1.82, 2.24) is 0 Å². The Morgan fingerprint density at radius 2 is 1.06 bits per heavy atom. The van der Waals surface area contributed by atoms with E-state index in [9.17, 15) is 0 Å². The van der Waals surface area contributed by atoms with Crippen molar-refractivity contribution in [3.63, 3.8) is 0 Å². The van der Waals surface area contributed by atoms with Gasteiger partial charge in [0.1, 0.15) is 0 Å². The second-order valence-electron chi connectivity index (χ2n) is 7.53. The lowest BCUT2D eigenvalue weighted by molar-refractivity contribution is 0.338. The van der Waals surface area contributed by atoms with Crippen molar-refractivity contribution in [3.05, 3.63) is 23.3 Å². The molecule has 3 rings (SSSR count). The van der Waals surface area contributed by atoms with Crippen LogP contribution in [0, 0.1) is 22.7 Å². The summed E-state index contributed by atoms with van der Waals surface area (Å²) in [5, 5.41) is 0. The molecule has 0 fully saturated rings. The molecule has 16 heavy (non-hydrogen) atoms. The summed E-state index contributed by atoms with van der Waals surface area (Å²) >= 11 is 0. The van der Waals surface area contributed by atoms with Gasteiger partial charge in [-0.1, -0.05) is 64.8 Å². The normalized spacial score (nSPS) is 30.1. The lowest BCUT2D eigenvalue weighted by atomic mass is 9.61. The van der Waals surface area contributed by atoms with Crippen LogP contribution in [0.15, 0.2) is 23.3 Å². The smallest absolute Gasteiger partial charge is 0.00144 e. The van der Waals surface area contributed by atoms with E-state index < -0.39 is 0 Å². The third kappa shape index (κ3) is 1.99.